The molecule has 0 aliphatic carbocycles. The maximum absolute atomic E-state index is 13.1. The first-order valence-corrected chi connectivity index (χ1v) is 10.1. The van der Waals surface area contributed by atoms with Crippen molar-refractivity contribution in [2.45, 2.75) is 18.4 Å². The average Bonchev–Trinajstić information content (AvgIpc) is 3.20. The summed E-state index contributed by atoms with van der Waals surface area (Å²) in [5, 5.41) is 15.5. The molecular weight excluding hydrogens is 454 g/mol. The number of aromatic amines is 1. The number of hydrogen-bond acceptors (Lipinski definition) is 6. The van der Waals surface area contributed by atoms with E-state index in [2.05, 4.69) is 41.5 Å². The fourth-order valence-corrected chi connectivity index (χ4v) is 4.06. The smallest absolute Gasteiger partial charge is 0.405 e. The Bertz CT molecular complexity index is 1110. The van der Waals surface area contributed by atoms with Crippen molar-refractivity contribution in [2.75, 3.05) is 29.0 Å². The molecule has 0 radical (unpaired) electrons. The van der Waals surface area contributed by atoms with E-state index in [1.165, 1.54) is 6.33 Å². The average molecular weight is 474 g/mol. The van der Waals surface area contributed by atoms with Crippen molar-refractivity contribution < 1.29 is 14.7 Å². The largest absolute Gasteiger partial charge is 0.465 e. The van der Waals surface area contributed by atoms with Gasteiger partial charge in [-0.3, -0.25) is 4.79 Å². The number of nitrogens with two attached hydrogens (primary N) is 1. The zero-order valence-electron chi connectivity index (χ0n) is 15.9. The van der Waals surface area contributed by atoms with Gasteiger partial charge in [-0.05, 0) is 37.1 Å². The van der Waals surface area contributed by atoms with Gasteiger partial charge < -0.3 is 31.4 Å². The molecule has 0 bridgehead atoms. The second-order valence-electron chi connectivity index (χ2n) is 7.12. The summed E-state index contributed by atoms with van der Waals surface area (Å²) in [5.74, 6) is 0.311. The molecule has 1 fully saturated rings. The number of amides is 2. The molecule has 0 unspecified atom stereocenters. The van der Waals surface area contributed by atoms with Crippen LogP contribution in [0.2, 0.25) is 0 Å². The quantitative estimate of drug-likeness (QED) is 0.365. The van der Waals surface area contributed by atoms with E-state index < -0.39 is 17.5 Å². The molecule has 3 aromatic rings. The minimum atomic E-state index is -1.28. The van der Waals surface area contributed by atoms with E-state index in [4.69, 9.17) is 5.73 Å². The fourth-order valence-electron chi connectivity index (χ4n) is 3.70. The molecular formula is C19H20BrN7O3. The number of piperidine rings is 1. The molecule has 30 heavy (non-hydrogen) atoms. The summed E-state index contributed by atoms with van der Waals surface area (Å²) in [6.45, 7) is 0.887. The number of rotatable bonds is 4. The second kappa shape index (κ2) is 7.82. The van der Waals surface area contributed by atoms with Crippen LogP contribution in [0.5, 0.6) is 0 Å². The number of nitrogens with zero attached hydrogens (tertiary/aromatic N) is 3. The Morgan fingerprint density at radius 1 is 1.23 bits per heavy atom. The predicted molar refractivity (Wildman–Crippen MR) is 116 cm³/mol. The van der Waals surface area contributed by atoms with E-state index in [0.717, 1.165) is 21.3 Å². The molecule has 156 valence electrons. The van der Waals surface area contributed by atoms with Gasteiger partial charge >= 0.3 is 6.09 Å². The van der Waals surface area contributed by atoms with Gasteiger partial charge in [-0.1, -0.05) is 15.9 Å². The minimum Gasteiger partial charge on any atom is -0.465 e. The van der Waals surface area contributed by atoms with E-state index in [0.29, 0.717) is 24.5 Å². The van der Waals surface area contributed by atoms with Crippen LogP contribution >= 0.6 is 15.9 Å². The lowest BCUT2D eigenvalue weighted by Crippen LogP contribution is -2.61. The van der Waals surface area contributed by atoms with Crippen LogP contribution in [0.3, 0.4) is 0 Å². The second-order valence-corrected chi connectivity index (χ2v) is 8.04. The molecule has 1 aliphatic heterocycles. The number of halogens is 1. The third-order valence-corrected chi connectivity index (χ3v) is 5.79. The molecule has 1 aromatic carbocycles. The molecule has 6 N–H and O–H groups in total. The number of hydrogen-bond donors (Lipinski definition) is 5. The number of carboxylic acid groups (broad SMARTS) is 1. The summed E-state index contributed by atoms with van der Waals surface area (Å²) in [6, 6.07) is 7.00. The van der Waals surface area contributed by atoms with E-state index in [1.807, 2.05) is 11.0 Å². The van der Waals surface area contributed by atoms with Crippen LogP contribution in [0.15, 0.2) is 41.3 Å². The highest BCUT2D eigenvalue weighted by Crippen LogP contribution is 2.31. The van der Waals surface area contributed by atoms with Crippen molar-refractivity contribution in [3.8, 4) is 0 Å². The normalized spacial score (nSPS) is 15.7. The molecule has 0 spiro atoms. The number of nitrogen functional groups attached to an aromatic ring is 1. The summed E-state index contributed by atoms with van der Waals surface area (Å²) in [4.78, 5) is 38.3. The van der Waals surface area contributed by atoms with Gasteiger partial charge in [0.15, 0.2) is 0 Å². The van der Waals surface area contributed by atoms with Crippen LogP contribution in [-0.2, 0) is 4.79 Å². The molecule has 3 heterocycles. The standard InChI is InChI=1S/C19H20BrN7O3/c20-11-1-2-13(21)14(9-11)25-17(28)19(26-18(29)30)4-7-27(8-5-19)16-12-3-6-22-15(12)23-10-24-16/h1-3,6,9-10,26H,4-5,7-8,21H2,(H,25,28)(H,29,30)(H,22,23,24). The maximum atomic E-state index is 13.1. The van der Waals surface area contributed by atoms with E-state index in [-0.39, 0.29) is 12.8 Å². The number of fused-ring (bicyclic) bond motifs is 1. The third-order valence-electron chi connectivity index (χ3n) is 5.29. The van der Waals surface area contributed by atoms with Crippen molar-refractivity contribution in [1.82, 2.24) is 20.3 Å². The zero-order chi connectivity index (χ0) is 21.3. The van der Waals surface area contributed by atoms with Crippen molar-refractivity contribution in [1.29, 1.82) is 0 Å². The highest BCUT2D eigenvalue weighted by molar-refractivity contribution is 9.10. The maximum Gasteiger partial charge on any atom is 0.405 e. The van der Waals surface area contributed by atoms with E-state index in [1.54, 1.807) is 24.4 Å². The summed E-state index contributed by atoms with van der Waals surface area (Å²) in [5.41, 5.74) is 6.22. The van der Waals surface area contributed by atoms with Crippen molar-refractivity contribution in [2.24, 2.45) is 0 Å². The molecule has 0 saturated carbocycles. The predicted octanol–water partition coefficient (Wildman–Crippen LogP) is 2.55. The van der Waals surface area contributed by atoms with Crippen LogP contribution in [0.25, 0.3) is 11.0 Å². The van der Waals surface area contributed by atoms with Crippen LogP contribution in [0.4, 0.5) is 22.0 Å². The van der Waals surface area contributed by atoms with Crippen molar-refractivity contribution in [3.05, 3.63) is 41.3 Å². The zero-order valence-corrected chi connectivity index (χ0v) is 17.4. The van der Waals surface area contributed by atoms with Crippen molar-refractivity contribution >= 4 is 56.2 Å². The molecule has 2 amide bonds. The van der Waals surface area contributed by atoms with Crippen LogP contribution in [-0.4, -0.2) is 50.7 Å². The third kappa shape index (κ3) is 3.75. The highest BCUT2D eigenvalue weighted by atomic mass is 79.9. The number of carbonyl (C=O) groups is 2. The summed E-state index contributed by atoms with van der Waals surface area (Å²) in [7, 11) is 0. The molecule has 11 heteroatoms. The Hall–Kier alpha value is -3.34. The lowest BCUT2D eigenvalue weighted by Gasteiger charge is -2.41. The van der Waals surface area contributed by atoms with Gasteiger partial charge in [-0.25, -0.2) is 14.8 Å². The molecule has 1 saturated heterocycles. The van der Waals surface area contributed by atoms with Gasteiger partial charge in [0.25, 0.3) is 0 Å². The highest BCUT2D eigenvalue weighted by Gasteiger charge is 2.43. The van der Waals surface area contributed by atoms with Gasteiger partial charge in [-0.2, -0.15) is 0 Å². The number of benzene rings is 1. The number of anilines is 3. The molecule has 10 nitrogen and oxygen atoms in total. The lowest BCUT2D eigenvalue weighted by atomic mass is 9.86. The Kier molecular flexibility index (Phi) is 5.20. The lowest BCUT2D eigenvalue weighted by molar-refractivity contribution is -0.123. The first-order chi connectivity index (χ1) is 14.4. The van der Waals surface area contributed by atoms with Gasteiger partial charge in [0.05, 0.1) is 16.8 Å². The van der Waals surface area contributed by atoms with Gasteiger partial charge in [0.1, 0.15) is 23.3 Å². The Morgan fingerprint density at radius 3 is 2.73 bits per heavy atom. The first-order valence-electron chi connectivity index (χ1n) is 9.29. The Balaban J connectivity index is 1.56. The molecule has 1 aliphatic rings. The summed E-state index contributed by atoms with van der Waals surface area (Å²) < 4.78 is 0.751. The number of H-pyrrole nitrogens is 1. The first kappa shape index (κ1) is 20.0. The van der Waals surface area contributed by atoms with Crippen LogP contribution in [0.1, 0.15) is 12.8 Å². The number of carbonyl (C=O) groups excluding carboxylic acids is 1. The Labute approximate surface area is 180 Å². The van der Waals surface area contributed by atoms with Gasteiger partial charge in [0.2, 0.25) is 5.91 Å². The van der Waals surface area contributed by atoms with Crippen molar-refractivity contribution in [3.63, 3.8) is 0 Å². The summed E-state index contributed by atoms with van der Waals surface area (Å²) >= 11 is 3.35. The topological polar surface area (TPSA) is 149 Å². The number of aromatic nitrogens is 3. The molecule has 2 aromatic heterocycles. The molecule has 4 rings (SSSR count). The fraction of sp³-hybridized carbons (Fsp3) is 0.263. The number of nitrogens with one attached hydrogen (secondary N) is 3. The molecule has 0 atom stereocenters. The van der Waals surface area contributed by atoms with Crippen LogP contribution in [0, 0.1) is 0 Å². The van der Waals surface area contributed by atoms with Crippen LogP contribution < -0.4 is 21.3 Å². The minimum absolute atomic E-state index is 0.273. The van der Waals surface area contributed by atoms with Gasteiger partial charge in [0, 0.05) is 23.8 Å². The summed E-state index contributed by atoms with van der Waals surface area (Å²) in [6.07, 6.45) is 2.56. The SMILES string of the molecule is Nc1ccc(Br)cc1NC(=O)C1(NC(=O)O)CCN(c2ncnc3[nH]ccc23)CC1. The van der Waals surface area contributed by atoms with E-state index in [9.17, 15) is 14.7 Å². The monoisotopic (exact) mass is 473 g/mol. The Morgan fingerprint density at radius 2 is 2.00 bits per heavy atom. The van der Waals surface area contributed by atoms with E-state index >= 15 is 0 Å². The van der Waals surface area contributed by atoms with Gasteiger partial charge in [-0.15, -0.1) is 0 Å².